The average Bonchev–Trinajstić information content (AvgIpc) is 3.09. The Balaban J connectivity index is 1.74. The van der Waals surface area contributed by atoms with Crippen molar-refractivity contribution < 1.29 is 27.9 Å². The molecule has 178 valence electrons. The second-order valence-corrected chi connectivity index (χ2v) is 10.4. The van der Waals surface area contributed by atoms with E-state index < -0.39 is 46.4 Å². The van der Waals surface area contributed by atoms with Gasteiger partial charge in [-0.2, -0.15) is 4.72 Å². The molecule has 1 heterocycles. The molecule has 0 bridgehead atoms. The molecule has 9 nitrogen and oxygen atoms in total. The molecular formula is C22H26ClN3O6S. The number of carbonyl (C=O) groups is 3. The Labute approximate surface area is 197 Å². The summed E-state index contributed by atoms with van der Waals surface area (Å²) < 4.78 is 28.3. The van der Waals surface area contributed by atoms with E-state index in [2.05, 4.69) is 4.72 Å². The predicted octanol–water partition coefficient (Wildman–Crippen LogP) is 2.08. The molecule has 0 radical (unpaired) electrons. The maximum absolute atomic E-state index is 12.9. The molecule has 1 aliphatic rings. The molecule has 0 spiro atoms. The number of nitrogens with one attached hydrogen (secondary N) is 1. The number of carboxylic acids is 1. The summed E-state index contributed by atoms with van der Waals surface area (Å²) in [6, 6.07) is 7.38. The Hall–Kier alpha value is -2.69. The zero-order valence-electron chi connectivity index (χ0n) is 18.5. The number of carbonyl (C=O) groups excluding carboxylic acids is 2. The number of fused-ring (bicyclic) bond motifs is 1. The van der Waals surface area contributed by atoms with Crippen LogP contribution in [0.5, 0.6) is 0 Å². The lowest BCUT2D eigenvalue weighted by atomic mass is 10.1. The molecule has 0 unspecified atom stereocenters. The fourth-order valence-electron chi connectivity index (χ4n) is 3.85. The highest BCUT2D eigenvalue weighted by atomic mass is 35.5. The van der Waals surface area contributed by atoms with Gasteiger partial charge >= 0.3 is 5.97 Å². The number of sulfonamides is 1. The minimum absolute atomic E-state index is 0.0140. The van der Waals surface area contributed by atoms with Crippen LogP contribution in [0.25, 0.3) is 10.8 Å². The number of rotatable bonds is 8. The van der Waals surface area contributed by atoms with Crippen LogP contribution in [0.15, 0.2) is 41.3 Å². The molecule has 11 heteroatoms. The van der Waals surface area contributed by atoms with E-state index in [1.807, 2.05) is 0 Å². The van der Waals surface area contributed by atoms with Crippen LogP contribution in [-0.2, 0) is 24.4 Å². The molecule has 0 aromatic heterocycles. The van der Waals surface area contributed by atoms with Crippen LogP contribution in [0.3, 0.4) is 0 Å². The fraction of sp³-hybridized carbons (Fsp3) is 0.409. The zero-order chi connectivity index (χ0) is 24.5. The smallest absolute Gasteiger partial charge is 0.323 e. The Morgan fingerprint density at radius 1 is 1.18 bits per heavy atom. The van der Waals surface area contributed by atoms with Gasteiger partial charge in [0.05, 0.1) is 4.90 Å². The van der Waals surface area contributed by atoms with E-state index in [4.69, 9.17) is 16.7 Å². The molecule has 0 saturated carbocycles. The SMILES string of the molecule is CC(C)N(CC(=O)O)C(=O)[C@H](C)N1CC[C@H](NS(=O)(=O)c2ccc3cc(Cl)ccc3c2)C1=O. The molecule has 1 fully saturated rings. The van der Waals surface area contributed by atoms with E-state index in [0.717, 1.165) is 5.39 Å². The number of amides is 2. The van der Waals surface area contributed by atoms with Gasteiger partial charge in [-0.05, 0) is 62.2 Å². The number of carboxylic acid groups (broad SMARTS) is 1. The summed E-state index contributed by atoms with van der Waals surface area (Å²) in [5.41, 5.74) is 0. The lowest BCUT2D eigenvalue weighted by Gasteiger charge is -2.32. The van der Waals surface area contributed by atoms with E-state index >= 15 is 0 Å². The highest BCUT2D eigenvalue weighted by Gasteiger charge is 2.40. The third-order valence-corrected chi connectivity index (χ3v) is 7.36. The molecule has 33 heavy (non-hydrogen) atoms. The number of hydrogen-bond acceptors (Lipinski definition) is 5. The molecule has 0 aliphatic carbocycles. The van der Waals surface area contributed by atoms with Crippen LogP contribution in [0.1, 0.15) is 27.2 Å². The molecule has 2 atom stereocenters. The standard InChI is InChI=1S/C22H26ClN3O6S/c1-13(2)26(12-20(27)28)21(29)14(3)25-9-8-19(22(25)30)24-33(31,32)18-7-5-15-10-17(23)6-4-16(15)11-18/h4-7,10-11,13-14,19,24H,8-9,12H2,1-3H3,(H,27,28)/t14-,19-/m0/s1. The van der Waals surface area contributed by atoms with Crippen LogP contribution >= 0.6 is 11.6 Å². The summed E-state index contributed by atoms with van der Waals surface area (Å²) in [7, 11) is -4.00. The molecule has 2 aromatic rings. The normalized spacial score (nSPS) is 17.5. The fourth-order valence-corrected chi connectivity index (χ4v) is 5.29. The molecule has 2 aromatic carbocycles. The van der Waals surface area contributed by atoms with Crippen molar-refractivity contribution >= 4 is 50.2 Å². The number of nitrogens with zero attached hydrogens (tertiary/aromatic N) is 2. The van der Waals surface area contributed by atoms with Gasteiger partial charge in [-0.15, -0.1) is 0 Å². The van der Waals surface area contributed by atoms with Gasteiger partial charge in [0.2, 0.25) is 21.8 Å². The van der Waals surface area contributed by atoms with Gasteiger partial charge in [-0.1, -0.05) is 23.7 Å². The summed E-state index contributed by atoms with van der Waals surface area (Å²) in [4.78, 5) is 39.3. The van der Waals surface area contributed by atoms with Crippen molar-refractivity contribution in [3.05, 3.63) is 41.4 Å². The van der Waals surface area contributed by atoms with Gasteiger partial charge in [0.15, 0.2) is 0 Å². The van der Waals surface area contributed by atoms with Crippen LogP contribution < -0.4 is 4.72 Å². The summed E-state index contributed by atoms with van der Waals surface area (Å²) >= 11 is 5.97. The van der Waals surface area contributed by atoms with Crippen molar-refractivity contribution in [2.24, 2.45) is 0 Å². The van der Waals surface area contributed by atoms with Gasteiger partial charge in [0.25, 0.3) is 0 Å². The molecule has 2 N–H and O–H groups in total. The first-order valence-electron chi connectivity index (χ1n) is 10.4. The van der Waals surface area contributed by atoms with Crippen molar-refractivity contribution in [3.63, 3.8) is 0 Å². The number of halogens is 1. The minimum atomic E-state index is -4.00. The first kappa shape index (κ1) is 24.9. The highest BCUT2D eigenvalue weighted by Crippen LogP contribution is 2.24. The first-order valence-corrected chi connectivity index (χ1v) is 12.3. The lowest BCUT2D eigenvalue weighted by Crippen LogP contribution is -2.52. The predicted molar refractivity (Wildman–Crippen MR) is 123 cm³/mol. The van der Waals surface area contributed by atoms with Crippen LogP contribution in [0.2, 0.25) is 5.02 Å². The topological polar surface area (TPSA) is 124 Å². The Bertz CT molecular complexity index is 1200. The maximum atomic E-state index is 12.9. The lowest BCUT2D eigenvalue weighted by molar-refractivity contribution is -0.150. The van der Waals surface area contributed by atoms with Crippen LogP contribution in [0.4, 0.5) is 0 Å². The third kappa shape index (κ3) is 5.45. The van der Waals surface area contributed by atoms with E-state index in [1.54, 1.807) is 38.1 Å². The van der Waals surface area contributed by atoms with E-state index in [0.29, 0.717) is 10.4 Å². The van der Waals surface area contributed by atoms with Crippen LogP contribution in [0, 0.1) is 0 Å². The molecular weight excluding hydrogens is 470 g/mol. The number of likely N-dealkylation sites (tertiary alicyclic amines) is 1. The van der Waals surface area contributed by atoms with Crippen molar-refractivity contribution in [1.29, 1.82) is 0 Å². The largest absolute Gasteiger partial charge is 0.480 e. The van der Waals surface area contributed by atoms with Crippen molar-refractivity contribution in [2.75, 3.05) is 13.1 Å². The molecule has 3 rings (SSSR count). The van der Waals surface area contributed by atoms with Gasteiger partial charge in [-0.25, -0.2) is 8.42 Å². The van der Waals surface area contributed by atoms with E-state index in [-0.39, 0.29) is 23.9 Å². The summed E-state index contributed by atoms with van der Waals surface area (Å²) in [5.74, 6) is -2.18. The maximum Gasteiger partial charge on any atom is 0.323 e. The Morgan fingerprint density at radius 2 is 1.82 bits per heavy atom. The van der Waals surface area contributed by atoms with E-state index in [9.17, 15) is 22.8 Å². The highest BCUT2D eigenvalue weighted by molar-refractivity contribution is 7.89. The third-order valence-electron chi connectivity index (χ3n) is 5.66. The summed E-state index contributed by atoms with van der Waals surface area (Å²) in [6.07, 6.45) is 0.194. The van der Waals surface area contributed by atoms with Crippen molar-refractivity contribution in [2.45, 2.75) is 50.2 Å². The Morgan fingerprint density at radius 3 is 2.45 bits per heavy atom. The van der Waals surface area contributed by atoms with Gasteiger partial charge < -0.3 is 14.9 Å². The molecule has 1 aliphatic heterocycles. The second-order valence-electron chi connectivity index (χ2n) is 8.28. The summed E-state index contributed by atoms with van der Waals surface area (Å²) in [5, 5.41) is 11.1. The monoisotopic (exact) mass is 495 g/mol. The quantitative estimate of drug-likeness (QED) is 0.577. The summed E-state index contributed by atoms with van der Waals surface area (Å²) in [6.45, 7) is 4.59. The van der Waals surface area contributed by atoms with E-state index in [1.165, 1.54) is 28.9 Å². The van der Waals surface area contributed by atoms with Gasteiger partial charge in [0.1, 0.15) is 18.6 Å². The minimum Gasteiger partial charge on any atom is -0.480 e. The number of hydrogen-bond donors (Lipinski definition) is 2. The van der Waals surface area contributed by atoms with Crippen molar-refractivity contribution in [1.82, 2.24) is 14.5 Å². The molecule has 2 amide bonds. The number of benzene rings is 2. The zero-order valence-corrected chi connectivity index (χ0v) is 20.1. The van der Waals surface area contributed by atoms with Gasteiger partial charge in [0, 0.05) is 17.6 Å². The second kappa shape index (κ2) is 9.66. The average molecular weight is 496 g/mol. The van der Waals surface area contributed by atoms with Gasteiger partial charge in [-0.3, -0.25) is 14.4 Å². The molecule has 1 saturated heterocycles. The Kier molecular flexibility index (Phi) is 7.30. The van der Waals surface area contributed by atoms with Crippen LogP contribution in [-0.4, -0.2) is 72.3 Å². The number of aliphatic carboxylic acids is 1. The van der Waals surface area contributed by atoms with Crippen molar-refractivity contribution in [3.8, 4) is 0 Å². The first-order chi connectivity index (χ1) is 15.4.